The number of hydrogen-bond donors (Lipinski definition) is 2. The van der Waals surface area contributed by atoms with E-state index in [1.54, 1.807) is 50.2 Å². The zero-order valence-corrected chi connectivity index (χ0v) is 11.4. The number of rotatable bonds is 5. The molecule has 0 saturated heterocycles. The molecule has 0 fully saturated rings. The summed E-state index contributed by atoms with van der Waals surface area (Å²) in [6.45, 7) is 3.54. The number of nitrogens with one attached hydrogen (secondary N) is 1. The molecule has 0 unspecified atom stereocenters. The van der Waals surface area contributed by atoms with E-state index in [-0.39, 0.29) is 18.3 Å². The highest BCUT2D eigenvalue weighted by atomic mass is 16.5. The van der Waals surface area contributed by atoms with Gasteiger partial charge in [0.2, 0.25) is 0 Å². The number of anilines is 1. The molecule has 1 aromatic heterocycles. The predicted octanol–water partition coefficient (Wildman–Crippen LogP) is 2.68. The molecule has 1 heterocycles. The van der Waals surface area contributed by atoms with Crippen LogP contribution in [0.25, 0.3) is 0 Å². The maximum Gasteiger partial charge on any atom is 0.291 e. The predicted molar refractivity (Wildman–Crippen MR) is 74.9 cm³/mol. The van der Waals surface area contributed by atoms with Gasteiger partial charge in [0, 0.05) is 5.69 Å². The van der Waals surface area contributed by atoms with E-state index in [1.165, 1.54) is 6.26 Å². The summed E-state index contributed by atoms with van der Waals surface area (Å²) in [5.74, 6) is 0.579. The summed E-state index contributed by atoms with van der Waals surface area (Å²) in [5, 5.41) is 12.3. The van der Waals surface area contributed by atoms with E-state index in [0.717, 1.165) is 0 Å². The lowest BCUT2D eigenvalue weighted by Crippen LogP contribution is -2.27. The summed E-state index contributed by atoms with van der Waals surface area (Å²) < 4.78 is 10.4. The average molecular weight is 275 g/mol. The number of benzene rings is 1. The number of furan rings is 1. The molecule has 2 rings (SSSR count). The standard InChI is InChI=1S/C15H17NO4/c1-15(2,18)10-20-12-7-5-11(6-8-12)16-14(17)13-4-3-9-19-13/h3-9,18H,10H2,1-2H3,(H,16,17). The number of carbonyl (C=O) groups excluding carboxylic acids is 1. The highest BCUT2D eigenvalue weighted by molar-refractivity contribution is 6.02. The third-order valence-corrected chi connectivity index (χ3v) is 2.45. The SMILES string of the molecule is CC(C)(O)COc1ccc(NC(=O)c2ccco2)cc1. The Labute approximate surface area is 117 Å². The van der Waals surface area contributed by atoms with Gasteiger partial charge in [0.05, 0.1) is 11.9 Å². The van der Waals surface area contributed by atoms with Gasteiger partial charge in [0.25, 0.3) is 5.91 Å². The van der Waals surface area contributed by atoms with Gasteiger partial charge in [-0.1, -0.05) is 0 Å². The van der Waals surface area contributed by atoms with Gasteiger partial charge in [-0.05, 0) is 50.2 Å². The van der Waals surface area contributed by atoms with Crippen LogP contribution in [0.4, 0.5) is 5.69 Å². The van der Waals surface area contributed by atoms with E-state index in [9.17, 15) is 9.90 Å². The van der Waals surface area contributed by atoms with Crippen LogP contribution in [0.3, 0.4) is 0 Å². The maximum atomic E-state index is 11.7. The van der Waals surface area contributed by atoms with Crippen molar-refractivity contribution in [3.8, 4) is 5.75 Å². The van der Waals surface area contributed by atoms with Crippen LogP contribution in [-0.2, 0) is 0 Å². The van der Waals surface area contributed by atoms with Gasteiger partial charge >= 0.3 is 0 Å². The molecule has 0 spiro atoms. The van der Waals surface area contributed by atoms with Crippen molar-refractivity contribution in [3.63, 3.8) is 0 Å². The molecule has 2 N–H and O–H groups in total. The molecule has 2 aromatic rings. The van der Waals surface area contributed by atoms with Crippen molar-refractivity contribution in [2.45, 2.75) is 19.4 Å². The van der Waals surface area contributed by atoms with Crippen molar-refractivity contribution >= 4 is 11.6 Å². The van der Waals surface area contributed by atoms with Crippen LogP contribution in [0.1, 0.15) is 24.4 Å². The monoisotopic (exact) mass is 275 g/mol. The summed E-state index contributed by atoms with van der Waals surface area (Å²) in [4.78, 5) is 11.7. The van der Waals surface area contributed by atoms with Crippen molar-refractivity contribution in [1.82, 2.24) is 0 Å². The second-order valence-electron chi connectivity index (χ2n) is 5.06. The minimum absolute atomic E-state index is 0.200. The molecule has 0 bridgehead atoms. The first-order valence-corrected chi connectivity index (χ1v) is 6.24. The Morgan fingerprint density at radius 3 is 2.55 bits per heavy atom. The van der Waals surface area contributed by atoms with Crippen LogP contribution >= 0.6 is 0 Å². The van der Waals surface area contributed by atoms with Crippen LogP contribution in [0.5, 0.6) is 5.75 Å². The van der Waals surface area contributed by atoms with E-state index in [0.29, 0.717) is 11.4 Å². The minimum Gasteiger partial charge on any atom is -0.491 e. The molecule has 106 valence electrons. The Kier molecular flexibility index (Phi) is 4.10. The van der Waals surface area contributed by atoms with E-state index < -0.39 is 5.60 Å². The highest BCUT2D eigenvalue weighted by Crippen LogP contribution is 2.17. The Balaban J connectivity index is 1.93. The molecular weight excluding hydrogens is 258 g/mol. The lowest BCUT2D eigenvalue weighted by atomic mass is 10.2. The van der Waals surface area contributed by atoms with Crippen molar-refractivity contribution in [3.05, 3.63) is 48.4 Å². The Hall–Kier alpha value is -2.27. The van der Waals surface area contributed by atoms with Gasteiger partial charge in [0.15, 0.2) is 5.76 Å². The van der Waals surface area contributed by atoms with E-state index in [2.05, 4.69) is 5.32 Å². The van der Waals surface area contributed by atoms with Crippen molar-refractivity contribution in [1.29, 1.82) is 0 Å². The Bertz CT molecular complexity index is 553. The highest BCUT2D eigenvalue weighted by Gasteiger charge is 2.13. The molecule has 5 heteroatoms. The summed E-state index contributed by atoms with van der Waals surface area (Å²) in [6, 6.07) is 10.1. The van der Waals surface area contributed by atoms with Crippen molar-refractivity contribution in [2.75, 3.05) is 11.9 Å². The topological polar surface area (TPSA) is 71.7 Å². The van der Waals surface area contributed by atoms with Crippen LogP contribution in [-0.4, -0.2) is 23.2 Å². The molecule has 0 aliphatic rings. The second kappa shape index (κ2) is 5.79. The number of amides is 1. The normalized spacial score (nSPS) is 11.2. The molecule has 0 radical (unpaired) electrons. The van der Waals surface area contributed by atoms with E-state index in [1.807, 2.05) is 0 Å². The zero-order valence-electron chi connectivity index (χ0n) is 11.4. The first-order valence-electron chi connectivity index (χ1n) is 6.24. The third kappa shape index (κ3) is 4.13. The van der Waals surface area contributed by atoms with Crippen LogP contribution in [0.2, 0.25) is 0 Å². The summed E-state index contributed by atoms with van der Waals surface area (Å²) >= 11 is 0. The molecule has 0 aliphatic carbocycles. The summed E-state index contributed by atoms with van der Waals surface area (Å²) in [7, 11) is 0. The molecule has 0 saturated carbocycles. The smallest absolute Gasteiger partial charge is 0.291 e. The molecule has 1 aromatic carbocycles. The van der Waals surface area contributed by atoms with Crippen molar-refractivity contribution < 1.29 is 19.1 Å². The molecule has 5 nitrogen and oxygen atoms in total. The lowest BCUT2D eigenvalue weighted by molar-refractivity contribution is 0.0285. The molecular formula is C15H17NO4. The fourth-order valence-corrected chi connectivity index (χ4v) is 1.49. The summed E-state index contributed by atoms with van der Waals surface area (Å²) in [6.07, 6.45) is 1.45. The Morgan fingerprint density at radius 2 is 2.00 bits per heavy atom. The van der Waals surface area contributed by atoms with Crippen LogP contribution in [0.15, 0.2) is 47.1 Å². The number of carbonyl (C=O) groups is 1. The zero-order chi connectivity index (χ0) is 14.6. The average Bonchev–Trinajstić information content (AvgIpc) is 2.91. The van der Waals surface area contributed by atoms with Gasteiger partial charge in [-0.3, -0.25) is 4.79 Å². The van der Waals surface area contributed by atoms with Gasteiger partial charge in [-0.2, -0.15) is 0 Å². The van der Waals surface area contributed by atoms with Gasteiger partial charge in [0.1, 0.15) is 12.4 Å². The van der Waals surface area contributed by atoms with Crippen molar-refractivity contribution in [2.24, 2.45) is 0 Å². The van der Waals surface area contributed by atoms with Gasteiger partial charge < -0.3 is 19.6 Å². The molecule has 20 heavy (non-hydrogen) atoms. The van der Waals surface area contributed by atoms with Gasteiger partial charge in [-0.15, -0.1) is 0 Å². The first-order chi connectivity index (χ1) is 9.44. The molecule has 1 amide bonds. The summed E-state index contributed by atoms with van der Waals surface area (Å²) in [5.41, 5.74) is -0.242. The third-order valence-electron chi connectivity index (χ3n) is 2.45. The fraction of sp³-hybridized carbons (Fsp3) is 0.267. The van der Waals surface area contributed by atoms with E-state index in [4.69, 9.17) is 9.15 Å². The molecule has 0 atom stereocenters. The second-order valence-corrected chi connectivity index (χ2v) is 5.06. The first kappa shape index (κ1) is 14.1. The number of ether oxygens (including phenoxy) is 1. The largest absolute Gasteiger partial charge is 0.491 e. The number of hydrogen-bond acceptors (Lipinski definition) is 4. The van der Waals surface area contributed by atoms with Gasteiger partial charge in [-0.25, -0.2) is 0 Å². The van der Waals surface area contributed by atoms with Crippen LogP contribution in [0, 0.1) is 0 Å². The molecule has 0 aliphatic heterocycles. The Morgan fingerprint density at radius 1 is 1.30 bits per heavy atom. The van der Waals surface area contributed by atoms with E-state index >= 15 is 0 Å². The maximum absolute atomic E-state index is 11.7. The lowest BCUT2D eigenvalue weighted by Gasteiger charge is -2.17. The number of aliphatic hydroxyl groups is 1. The minimum atomic E-state index is -0.883. The van der Waals surface area contributed by atoms with Crippen LogP contribution < -0.4 is 10.1 Å². The fourth-order valence-electron chi connectivity index (χ4n) is 1.49. The quantitative estimate of drug-likeness (QED) is 0.880.